The van der Waals surface area contributed by atoms with Crippen molar-refractivity contribution in [2.75, 3.05) is 0 Å². The molecule has 2 aliphatic heterocycles. The van der Waals surface area contributed by atoms with Gasteiger partial charge in [0.05, 0.1) is 22.8 Å². The zero-order valence-electron chi connectivity index (χ0n) is 13.9. The number of hydrogen-bond acceptors (Lipinski definition) is 3. The summed E-state index contributed by atoms with van der Waals surface area (Å²) >= 11 is 0. The van der Waals surface area contributed by atoms with Gasteiger partial charge in [-0.1, -0.05) is 0 Å². The van der Waals surface area contributed by atoms with Gasteiger partial charge in [-0.3, -0.25) is 0 Å². The SMILES string of the molecule is C1=Cc2cc3ccc(cc4nc(cc5ccc(cc1n2)[nH]5)C=C4)[nH]3.N.[Fe+2]. The Morgan fingerprint density at radius 1 is 0.500 bits per heavy atom. The van der Waals surface area contributed by atoms with E-state index < -0.39 is 0 Å². The summed E-state index contributed by atoms with van der Waals surface area (Å²) in [6.07, 6.45) is 8.09. The Hall–Kier alpha value is -2.92. The van der Waals surface area contributed by atoms with Crippen LogP contribution in [0.5, 0.6) is 0 Å². The molecular formula is C20H17FeN5+2. The van der Waals surface area contributed by atoms with E-state index in [2.05, 4.69) is 44.2 Å². The number of nitrogens with zero attached hydrogens (tertiary/aromatic N) is 2. The second-order valence-electron chi connectivity index (χ2n) is 5.91. The first-order valence-electron chi connectivity index (χ1n) is 7.85. The van der Waals surface area contributed by atoms with Crippen molar-refractivity contribution < 1.29 is 17.1 Å². The summed E-state index contributed by atoms with van der Waals surface area (Å²) in [6.45, 7) is 0. The normalized spacial score (nSPS) is 11.7. The van der Waals surface area contributed by atoms with Crippen LogP contribution in [-0.2, 0) is 17.1 Å². The third-order valence-corrected chi connectivity index (χ3v) is 4.04. The molecule has 0 unspecified atom stereocenters. The van der Waals surface area contributed by atoms with Crippen LogP contribution in [0.3, 0.4) is 0 Å². The molecule has 8 bridgehead atoms. The van der Waals surface area contributed by atoms with Crippen molar-refractivity contribution in [3.8, 4) is 0 Å². The maximum Gasteiger partial charge on any atom is 2.00 e. The van der Waals surface area contributed by atoms with Crippen molar-refractivity contribution in [1.82, 2.24) is 26.1 Å². The molecule has 6 heteroatoms. The van der Waals surface area contributed by atoms with Crippen molar-refractivity contribution in [1.29, 1.82) is 0 Å². The second-order valence-corrected chi connectivity index (χ2v) is 5.91. The molecule has 0 amide bonds. The van der Waals surface area contributed by atoms with E-state index in [9.17, 15) is 0 Å². The predicted molar refractivity (Wildman–Crippen MR) is 104 cm³/mol. The molecule has 0 saturated heterocycles. The summed E-state index contributed by atoms with van der Waals surface area (Å²) in [4.78, 5) is 16.0. The van der Waals surface area contributed by atoms with E-state index in [0.717, 1.165) is 44.8 Å². The predicted octanol–water partition coefficient (Wildman–Crippen LogP) is 4.82. The van der Waals surface area contributed by atoms with E-state index in [-0.39, 0.29) is 23.2 Å². The Morgan fingerprint density at radius 3 is 1.04 bits per heavy atom. The van der Waals surface area contributed by atoms with Gasteiger partial charge < -0.3 is 16.1 Å². The van der Waals surface area contributed by atoms with Crippen LogP contribution in [0.2, 0.25) is 0 Å². The molecule has 5 rings (SSSR count). The third kappa shape index (κ3) is 3.53. The van der Waals surface area contributed by atoms with Gasteiger partial charge in [0, 0.05) is 22.1 Å². The Balaban J connectivity index is 0.000000980. The smallest absolute Gasteiger partial charge is 0.355 e. The average Bonchev–Trinajstić information content (AvgIpc) is 3.32. The fourth-order valence-electron chi connectivity index (χ4n) is 2.94. The molecule has 0 fully saturated rings. The monoisotopic (exact) mass is 383 g/mol. The summed E-state index contributed by atoms with van der Waals surface area (Å²) in [5.74, 6) is 0. The van der Waals surface area contributed by atoms with E-state index >= 15 is 0 Å². The molecule has 0 aromatic carbocycles. The van der Waals surface area contributed by atoms with Crippen LogP contribution in [-0.4, -0.2) is 19.9 Å². The number of rotatable bonds is 0. The summed E-state index contributed by atoms with van der Waals surface area (Å²) in [5, 5.41) is 0. The molecular weight excluding hydrogens is 366 g/mol. The standard InChI is InChI=1S/C20H14N4.Fe.H3N/c1-2-14-10-16-5-6-18(23-16)12-20-8-7-19(24-20)11-17-4-3-15(22-17)9-13(1)21-14;;/h1-12,21,24H;;1H3/q;+2;. The first-order valence-corrected chi connectivity index (χ1v) is 7.85. The van der Waals surface area contributed by atoms with Crippen LogP contribution in [0.25, 0.3) is 46.4 Å². The maximum atomic E-state index is 4.63. The molecule has 0 radical (unpaired) electrons. The van der Waals surface area contributed by atoms with Crippen molar-refractivity contribution in [2.45, 2.75) is 0 Å². The number of fused-ring (bicyclic) bond motifs is 8. The Morgan fingerprint density at radius 2 is 0.769 bits per heavy atom. The van der Waals surface area contributed by atoms with Crippen molar-refractivity contribution in [3.05, 3.63) is 71.3 Å². The molecule has 3 aromatic rings. The molecule has 0 atom stereocenters. The van der Waals surface area contributed by atoms with Crippen LogP contribution in [0.1, 0.15) is 22.8 Å². The Bertz CT molecular complexity index is 993. The van der Waals surface area contributed by atoms with E-state index in [1.165, 1.54) is 0 Å². The van der Waals surface area contributed by atoms with Crippen molar-refractivity contribution in [3.63, 3.8) is 0 Å². The van der Waals surface area contributed by atoms with Gasteiger partial charge in [-0.05, 0) is 72.8 Å². The van der Waals surface area contributed by atoms with Gasteiger partial charge in [-0.2, -0.15) is 0 Å². The minimum absolute atomic E-state index is 0. The molecule has 2 aliphatic rings. The molecule has 5 heterocycles. The molecule has 0 saturated carbocycles. The Kier molecular flexibility index (Phi) is 4.91. The van der Waals surface area contributed by atoms with Gasteiger partial charge >= 0.3 is 17.1 Å². The minimum atomic E-state index is 0. The van der Waals surface area contributed by atoms with E-state index in [1.54, 1.807) is 0 Å². The third-order valence-electron chi connectivity index (χ3n) is 4.04. The topological polar surface area (TPSA) is 92.4 Å². The zero-order valence-corrected chi connectivity index (χ0v) is 15.0. The summed E-state index contributed by atoms with van der Waals surface area (Å²) in [6, 6.07) is 16.4. The Labute approximate surface area is 161 Å². The molecule has 5 nitrogen and oxygen atoms in total. The number of aromatic amines is 2. The maximum absolute atomic E-state index is 4.63. The first kappa shape index (κ1) is 17.9. The molecule has 5 N–H and O–H groups in total. The van der Waals surface area contributed by atoms with Crippen LogP contribution in [0, 0.1) is 0 Å². The van der Waals surface area contributed by atoms with Crippen LogP contribution >= 0.6 is 0 Å². The van der Waals surface area contributed by atoms with Crippen molar-refractivity contribution >= 4 is 46.4 Å². The fourth-order valence-corrected chi connectivity index (χ4v) is 2.94. The molecule has 3 aromatic heterocycles. The van der Waals surface area contributed by atoms with Gasteiger partial charge in [-0.25, -0.2) is 9.97 Å². The molecule has 26 heavy (non-hydrogen) atoms. The number of nitrogens with one attached hydrogen (secondary N) is 2. The van der Waals surface area contributed by atoms with E-state index in [1.807, 2.05) is 48.6 Å². The van der Waals surface area contributed by atoms with Gasteiger partial charge in [0.15, 0.2) is 0 Å². The summed E-state index contributed by atoms with van der Waals surface area (Å²) in [5.41, 5.74) is 7.86. The van der Waals surface area contributed by atoms with Crippen molar-refractivity contribution in [2.24, 2.45) is 0 Å². The fraction of sp³-hybridized carbons (Fsp3) is 0. The quantitative estimate of drug-likeness (QED) is 0.335. The molecule has 128 valence electrons. The summed E-state index contributed by atoms with van der Waals surface area (Å²) < 4.78 is 0. The largest absolute Gasteiger partial charge is 2.00 e. The van der Waals surface area contributed by atoms with Crippen LogP contribution in [0.15, 0.2) is 48.5 Å². The van der Waals surface area contributed by atoms with Crippen LogP contribution in [0.4, 0.5) is 0 Å². The number of aromatic nitrogens is 4. The molecule has 0 spiro atoms. The first-order chi connectivity index (χ1) is 11.8. The average molecular weight is 383 g/mol. The van der Waals surface area contributed by atoms with Crippen LogP contribution < -0.4 is 6.15 Å². The second kappa shape index (κ2) is 7.14. The number of hydrogen-bond donors (Lipinski definition) is 3. The van der Waals surface area contributed by atoms with E-state index in [0.29, 0.717) is 0 Å². The summed E-state index contributed by atoms with van der Waals surface area (Å²) in [7, 11) is 0. The zero-order chi connectivity index (χ0) is 15.9. The molecule has 0 aliphatic carbocycles. The van der Waals surface area contributed by atoms with Gasteiger partial charge in [0.1, 0.15) is 0 Å². The number of H-pyrrole nitrogens is 2. The van der Waals surface area contributed by atoms with Gasteiger partial charge in [-0.15, -0.1) is 0 Å². The van der Waals surface area contributed by atoms with E-state index in [4.69, 9.17) is 0 Å². The van der Waals surface area contributed by atoms with Gasteiger partial charge in [0.25, 0.3) is 0 Å². The van der Waals surface area contributed by atoms with Gasteiger partial charge in [0.2, 0.25) is 0 Å². The minimum Gasteiger partial charge on any atom is -0.355 e.